The first-order chi connectivity index (χ1) is 7.25. The Balaban J connectivity index is 2.01. The van der Waals surface area contributed by atoms with E-state index < -0.39 is 0 Å². The molecular formula is C12H19N3. The van der Waals surface area contributed by atoms with Crippen LogP contribution in [0.5, 0.6) is 0 Å². The highest BCUT2D eigenvalue weighted by Gasteiger charge is 2.21. The maximum absolute atomic E-state index is 6.07. The Morgan fingerprint density at radius 1 is 1.40 bits per heavy atom. The van der Waals surface area contributed by atoms with Crippen molar-refractivity contribution in [1.82, 2.24) is 4.98 Å². The summed E-state index contributed by atoms with van der Waals surface area (Å²) in [6.07, 6.45) is 6.67. The number of hydrogen-bond donors (Lipinski definition) is 2. The van der Waals surface area contributed by atoms with Crippen molar-refractivity contribution in [3.05, 3.63) is 23.9 Å². The van der Waals surface area contributed by atoms with Gasteiger partial charge in [0.15, 0.2) is 0 Å². The molecule has 1 fully saturated rings. The number of pyridine rings is 1. The van der Waals surface area contributed by atoms with E-state index >= 15 is 0 Å². The number of nitrogens with two attached hydrogens (primary N) is 1. The standard InChI is InChI=1S/C12H19N3/c1-9-6-7-14-12(8-9)15-11-5-3-2-4-10(11)13/h6-8,10-11H,2-5,13H2,1H3,(H,14,15)/t10-,11+/m0/s1. The van der Waals surface area contributed by atoms with Crippen LogP contribution < -0.4 is 11.1 Å². The molecule has 0 amide bonds. The lowest BCUT2D eigenvalue weighted by Gasteiger charge is -2.29. The summed E-state index contributed by atoms with van der Waals surface area (Å²) in [5.41, 5.74) is 7.31. The number of hydrogen-bond acceptors (Lipinski definition) is 3. The normalized spacial score (nSPS) is 26.3. The molecule has 15 heavy (non-hydrogen) atoms. The molecule has 0 spiro atoms. The van der Waals surface area contributed by atoms with Crippen LogP contribution in [0.1, 0.15) is 31.2 Å². The van der Waals surface area contributed by atoms with E-state index in [2.05, 4.69) is 23.3 Å². The van der Waals surface area contributed by atoms with Gasteiger partial charge in [-0.1, -0.05) is 12.8 Å². The summed E-state index contributed by atoms with van der Waals surface area (Å²) in [6, 6.07) is 4.75. The molecule has 0 aliphatic heterocycles. The molecule has 0 bridgehead atoms. The van der Waals surface area contributed by atoms with Crippen LogP contribution >= 0.6 is 0 Å². The van der Waals surface area contributed by atoms with Crippen molar-refractivity contribution in [3.63, 3.8) is 0 Å². The third kappa shape index (κ3) is 2.69. The van der Waals surface area contributed by atoms with Gasteiger partial charge in [-0.15, -0.1) is 0 Å². The van der Waals surface area contributed by atoms with Gasteiger partial charge in [0.25, 0.3) is 0 Å². The number of rotatable bonds is 2. The third-order valence-electron chi connectivity index (χ3n) is 3.07. The van der Waals surface area contributed by atoms with Crippen LogP contribution in [0.4, 0.5) is 5.82 Å². The molecule has 0 saturated heterocycles. The summed E-state index contributed by atoms with van der Waals surface area (Å²) >= 11 is 0. The highest BCUT2D eigenvalue weighted by Crippen LogP contribution is 2.20. The van der Waals surface area contributed by atoms with Crippen molar-refractivity contribution in [2.75, 3.05) is 5.32 Å². The number of aromatic nitrogens is 1. The fourth-order valence-corrected chi connectivity index (χ4v) is 2.14. The van der Waals surface area contributed by atoms with Gasteiger partial charge in [-0.2, -0.15) is 0 Å². The molecule has 0 aromatic carbocycles. The van der Waals surface area contributed by atoms with Gasteiger partial charge in [-0.3, -0.25) is 0 Å². The molecule has 1 aromatic heterocycles. The van der Waals surface area contributed by atoms with E-state index in [9.17, 15) is 0 Å². The predicted octanol–water partition coefficient (Wildman–Crippen LogP) is 2.07. The summed E-state index contributed by atoms with van der Waals surface area (Å²) in [6.45, 7) is 2.08. The highest BCUT2D eigenvalue weighted by molar-refractivity contribution is 5.38. The number of nitrogens with zero attached hydrogens (tertiary/aromatic N) is 1. The van der Waals surface area contributed by atoms with E-state index in [4.69, 9.17) is 5.73 Å². The molecule has 82 valence electrons. The first kappa shape index (κ1) is 10.4. The Labute approximate surface area is 91.1 Å². The number of nitrogens with one attached hydrogen (secondary N) is 1. The molecule has 1 aromatic rings. The SMILES string of the molecule is Cc1ccnc(N[C@@H]2CCCC[C@@H]2N)c1. The zero-order valence-electron chi connectivity index (χ0n) is 9.24. The van der Waals surface area contributed by atoms with E-state index in [-0.39, 0.29) is 6.04 Å². The van der Waals surface area contributed by atoms with Gasteiger partial charge in [-0.05, 0) is 37.5 Å². The van der Waals surface area contributed by atoms with Crippen LogP contribution in [0.3, 0.4) is 0 Å². The maximum atomic E-state index is 6.07. The number of anilines is 1. The lowest BCUT2D eigenvalue weighted by atomic mass is 9.91. The Morgan fingerprint density at radius 3 is 2.93 bits per heavy atom. The first-order valence-electron chi connectivity index (χ1n) is 5.70. The highest BCUT2D eigenvalue weighted by atomic mass is 15.0. The Hall–Kier alpha value is -1.09. The summed E-state index contributed by atoms with van der Waals surface area (Å²) in [5.74, 6) is 0.956. The Bertz CT molecular complexity index is 324. The van der Waals surface area contributed by atoms with Crippen LogP contribution in [0.15, 0.2) is 18.3 Å². The third-order valence-corrected chi connectivity index (χ3v) is 3.07. The summed E-state index contributed by atoms with van der Waals surface area (Å²) in [5, 5.41) is 3.44. The largest absolute Gasteiger partial charge is 0.366 e. The lowest BCUT2D eigenvalue weighted by Crippen LogP contribution is -2.42. The van der Waals surface area contributed by atoms with Crippen LogP contribution in [0.25, 0.3) is 0 Å². The molecule has 1 heterocycles. The molecule has 2 atom stereocenters. The molecular weight excluding hydrogens is 186 g/mol. The van der Waals surface area contributed by atoms with E-state index in [1.54, 1.807) is 0 Å². The molecule has 1 aliphatic carbocycles. The van der Waals surface area contributed by atoms with Crippen molar-refractivity contribution in [2.45, 2.75) is 44.7 Å². The molecule has 1 saturated carbocycles. The second kappa shape index (κ2) is 4.62. The van der Waals surface area contributed by atoms with Crippen molar-refractivity contribution < 1.29 is 0 Å². The summed E-state index contributed by atoms with van der Waals surface area (Å²) < 4.78 is 0. The molecule has 1 aliphatic rings. The first-order valence-corrected chi connectivity index (χ1v) is 5.70. The zero-order valence-corrected chi connectivity index (χ0v) is 9.24. The molecule has 0 radical (unpaired) electrons. The van der Waals surface area contributed by atoms with Crippen LogP contribution in [-0.2, 0) is 0 Å². The van der Waals surface area contributed by atoms with Gasteiger partial charge < -0.3 is 11.1 Å². The number of aryl methyl sites for hydroxylation is 1. The van der Waals surface area contributed by atoms with Gasteiger partial charge in [0.2, 0.25) is 0 Å². The van der Waals surface area contributed by atoms with Gasteiger partial charge in [0.05, 0.1) is 0 Å². The fourth-order valence-electron chi connectivity index (χ4n) is 2.14. The lowest BCUT2D eigenvalue weighted by molar-refractivity contribution is 0.403. The topological polar surface area (TPSA) is 50.9 Å². The second-order valence-corrected chi connectivity index (χ2v) is 4.42. The average Bonchev–Trinajstić information content (AvgIpc) is 2.22. The molecule has 2 rings (SSSR count). The van der Waals surface area contributed by atoms with Gasteiger partial charge in [-0.25, -0.2) is 4.98 Å². The second-order valence-electron chi connectivity index (χ2n) is 4.42. The van der Waals surface area contributed by atoms with Crippen LogP contribution in [0, 0.1) is 6.92 Å². The van der Waals surface area contributed by atoms with Crippen LogP contribution in [0.2, 0.25) is 0 Å². The Kier molecular flexibility index (Phi) is 3.21. The predicted molar refractivity (Wildman–Crippen MR) is 62.8 cm³/mol. The maximum Gasteiger partial charge on any atom is 0.126 e. The monoisotopic (exact) mass is 205 g/mol. The van der Waals surface area contributed by atoms with Crippen molar-refractivity contribution in [3.8, 4) is 0 Å². The van der Waals surface area contributed by atoms with E-state index in [1.807, 2.05) is 12.3 Å². The molecule has 3 N–H and O–H groups in total. The van der Waals surface area contributed by atoms with Gasteiger partial charge >= 0.3 is 0 Å². The minimum Gasteiger partial charge on any atom is -0.366 e. The summed E-state index contributed by atoms with van der Waals surface area (Å²) in [7, 11) is 0. The quantitative estimate of drug-likeness (QED) is 0.777. The summed E-state index contributed by atoms with van der Waals surface area (Å²) in [4.78, 5) is 4.30. The van der Waals surface area contributed by atoms with Gasteiger partial charge in [0, 0.05) is 18.3 Å². The minimum absolute atomic E-state index is 0.279. The average molecular weight is 205 g/mol. The van der Waals surface area contributed by atoms with Crippen LogP contribution in [-0.4, -0.2) is 17.1 Å². The smallest absolute Gasteiger partial charge is 0.126 e. The van der Waals surface area contributed by atoms with Gasteiger partial charge in [0.1, 0.15) is 5.82 Å². The molecule has 0 unspecified atom stereocenters. The Morgan fingerprint density at radius 2 is 2.20 bits per heavy atom. The minimum atomic E-state index is 0.279. The fraction of sp³-hybridized carbons (Fsp3) is 0.583. The van der Waals surface area contributed by atoms with E-state index in [0.29, 0.717) is 6.04 Å². The zero-order chi connectivity index (χ0) is 10.7. The molecule has 3 heteroatoms. The van der Waals surface area contributed by atoms with Crippen molar-refractivity contribution >= 4 is 5.82 Å². The van der Waals surface area contributed by atoms with Crippen molar-refractivity contribution in [1.29, 1.82) is 0 Å². The van der Waals surface area contributed by atoms with E-state index in [1.165, 1.54) is 18.4 Å². The molecule has 3 nitrogen and oxygen atoms in total. The van der Waals surface area contributed by atoms with Crippen molar-refractivity contribution in [2.24, 2.45) is 5.73 Å². The van der Waals surface area contributed by atoms with E-state index in [0.717, 1.165) is 18.7 Å².